The maximum absolute atomic E-state index is 12.3. The minimum absolute atomic E-state index is 0.0493. The van der Waals surface area contributed by atoms with Gasteiger partial charge >= 0.3 is 0 Å². The van der Waals surface area contributed by atoms with Crippen molar-refractivity contribution < 1.29 is 14.7 Å². The Labute approximate surface area is 166 Å². The maximum Gasteiger partial charge on any atom is 0.251 e. The van der Waals surface area contributed by atoms with E-state index in [0.717, 1.165) is 38.9 Å². The monoisotopic (exact) mass is 380 g/mol. The van der Waals surface area contributed by atoms with Gasteiger partial charge in [0, 0.05) is 25.2 Å². The number of hydrogen-bond acceptors (Lipinski definition) is 4. The number of phenolic OH excluding ortho intramolecular Hbond substituents is 1. The van der Waals surface area contributed by atoms with Gasteiger partial charge in [-0.15, -0.1) is 0 Å². The summed E-state index contributed by atoms with van der Waals surface area (Å²) >= 11 is 0. The van der Waals surface area contributed by atoms with Gasteiger partial charge in [-0.3, -0.25) is 9.69 Å². The van der Waals surface area contributed by atoms with Crippen molar-refractivity contribution >= 4 is 12.2 Å². The normalized spacial score (nSPS) is 23.0. The number of aromatic hydroxyl groups is 1. The molecule has 4 rings (SSSR count). The molecule has 2 aliphatic rings. The lowest BCUT2D eigenvalue weighted by molar-refractivity contribution is -0.106. The fourth-order valence-electron chi connectivity index (χ4n) is 4.04. The first-order valence-corrected chi connectivity index (χ1v) is 9.79. The molecule has 0 aromatic heterocycles. The van der Waals surface area contributed by atoms with E-state index in [9.17, 15) is 9.90 Å². The minimum atomic E-state index is -0.0493. The largest absolute Gasteiger partial charge is 0.508 e. The van der Waals surface area contributed by atoms with E-state index in [2.05, 4.69) is 40.5 Å². The standard InChI is InChI=1S/C21H24N2O2.C2H4O/c24-19-8-6-17(7-9-19)20(25)22-15-21-10-11-23(14-18(21)12-21)13-16-4-2-1-3-5-16;1-2-3/h1-9,18,24H,10-15H2,(H,22,25);2H,1H3. The number of aldehydes is 1. The van der Waals surface area contributed by atoms with Crippen molar-refractivity contribution in [2.75, 3.05) is 19.6 Å². The Balaban J connectivity index is 0.000000706. The predicted molar refractivity (Wildman–Crippen MR) is 109 cm³/mol. The molecular formula is C23H28N2O3. The summed E-state index contributed by atoms with van der Waals surface area (Å²) in [6, 6.07) is 17.1. The Morgan fingerprint density at radius 3 is 2.54 bits per heavy atom. The van der Waals surface area contributed by atoms with E-state index >= 15 is 0 Å². The first-order valence-electron chi connectivity index (χ1n) is 9.79. The summed E-state index contributed by atoms with van der Waals surface area (Å²) in [5, 5.41) is 12.4. The molecule has 1 heterocycles. The van der Waals surface area contributed by atoms with Crippen LogP contribution in [0.1, 0.15) is 35.7 Å². The van der Waals surface area contributed by atoms with Crippen LogP contribution in [-0.2, 0) is 11.3 Å². The highest BCUT2D eigenvalue weighted by Crippen LogP contribution is 2.57. The van der Waals surface area contributed by atoms with Gasteiger partial charge in [-0.25, -0.2) is 0 Å². The third kappa shape index (κ3) is 4.98. The number of hydrogen-bond donors (Lipinski definition) is 2. The van der Waals surface area contributed by atoms with Crippen molar-refractivity contribution in [3.8, 4) is 5.75 Å². The van der Waals surface area contributed by atoms with Gasteiger partial charge in [-0.05, 0) is 67.5 Å². The molecule has 2 atom stereocenters. The van der Waals surface area contributed by atoms with Crippen LogP contribution in [0.3, 0.4) is 0 Å². The SMILES string of the molecule is CC=O.O=C(NCC12CCN(Cc3ccccc3)CC1C2)c1ccc(O)cc1. The molecule has 2 aromatic rings. The molecule has 1 saturated heterocycles. The molecule has 0 spiro atoms. The zero-order valence-corrected chi connectivity index (χ0v) is 16.3. The second-order valence-corrected chi connectivity index (χ2v) is 7.70. The molecule has 5 nitrogen and oxygen atoms in total. The number of piperidine rings is 1. The molecule has 2 unspecified atom stereocenters. The quantitative estimate of drug-likeness (QED) is 0.782. The number of carbonyl (C=O) groups excluding carboxylic acids is 2. The molecular weight excluding hydrogens is 352 g/mol. The average molecular weight is 380 g/mol. The van der Waals surface area contributed by atoms with Gasteiger partial charge in [0.2, 0.25) is 0 Å². The number of carbonyl (C=O) groups is 2. The first kappa shape index (κ1) is 20.1. The molecule has 28 heavy (non-hydrogen) atoms. The van der Waals surface area contributed by atoms with Gasteiger partial charge in [0.05, 0.1) is 0 Å². The highest BCUT2D eigenvalue weighted by atomic mass is 16.3. The van der Waals surface area contributed by atoms with Crippen molar-refractivity contribution in [1.29, 1.82) is 0 Å². The van der Waals surface area contributed by atoms with Crippen LogP contribution < -0.4 is 5.32 Å². The van der Waals surface area contributed by atoms with E-state index in [1.807, 2.05) is 0 Å². The highest BCUT2D eigenvalue weighted by Gasteiger charge is 2.56. The smallest absolute Gasteiger partial charge is 0.251 e. The molecule has 0 bridgehead atoms. The molecule has 2 aromatic carbocycles. The van der Waals surface area contributed by atoms with E-state index in [1.165, 1.54) is 18.9 Å². The number of nitrogens with zero attached hydrogens (tertiary/aromatic N) is 1. The lowest BCUT2D eigenvalue weighted by Crippen LogP contribution is -2.39. The van der Waals surface area contributed by atoms with Crippen molar-refractivity contribution in [2.24, 2.45) is 11.3 Å². The van der Waals surface area contributed by atoms with Crippen molar-refractivity contribution in [2.45, 2.75) is 26.3 Å². The van der Waals surface area contributed by atoms with E-state index < -0.39 is 0 Å². The minimum Gasteiger partial charge on any atom is -0.508 e. The van der Waals surface area contributed by atoms with Crippen molar-refractivity contribution in [3.63, 3.8) is 0 Å². The third-order valence-corrected chi connectivity index (χ3v) is 5.74. The van der Waals surface area contributed by atoms with Gasteiger partial charge < -0.3 is 15.2 Å². The Hall–Kier alpha value is -2.66. The van der Waals surface area contributed by atoms with E-state index in [4.69, 9.17) is 4.79 Å². The fourth-order valence-corrected chi connectivity index (χ4v) is 4.04. The van der Waals surface area contributed by atoms with E-state index in [-0.39, 0.29) is 11.7 Å². The number of nitrogens with one attached hydrogen (secondary N) is 1. The number of rotatable bonds is 5. The number of benzene rings is 2. The summed E-state index contributed by atoms with van der Waals surface area (Å²) in [5.41, 5.74) is 2.28. The zero-order valence-electron chi connectivity index (χ0n) is 16.3. The number of amides is 1. The summed E-state index contributed by atoms with van der Waals surface area (Å²) in [7, 11) is 0. The Morgan fingerprint density at radius 1 is 1.21 bits per heavy atom. The van der Waals surface area contributed by atoms with Crippen LogP contribution in [0, 0.1) is 11.3 Å². The molecule has 1 aliphatic heterocycles. The zero-order chi connectivity index (χ0) is 20.0. The van der Waals surface area contributed by atoms with Gasteiger partial charge in [-0.1, -0.05) is 30.3 Å². The summed E-state index contributed by atoms with van der Waals surface area (Å²) < 4.78 is 0. The highest BCUT2D eigenvalue weighted by molar-refractivity contribution is 5.94. The average Bonchev–Trinajstić information content (AvgIpc) is 3.42. The van der Waals surface area contributed by atoms with Crippen LogP contribution in [0.5, 0.6) is 5.75 Å². The second-order valence-electron chi connectivity index (χ2n) is 7.70. The Kier molecular flexibility index (Phi) is 6.47. The predicted octanol–water partition coefficient (Wildman–Crippen LogP) is 3.24. The molecule has 1 amide bonds. The van der Waals surface area contributed by atoms with E-state index in [1.54, 1.807) is 24.3 Å². The van der Waals surface area contributed by atoms with Crippen molar-refractivity contribution in [3.05, 3.63) is 65.7 Å². The summed E-state index contributed by atoms with van der Waals surface area (Å²) in [6.45, 7) is 5.45. The third-order valence-electron chi connectivity index (χ3n) is 5.74. The van der Waals surface area contributed by atoms with Crippen LogP contribution in [0.25, 0.3) is 0 Å². The van der Waals surface area contributed by atoms with Gasteiger partial charge in [0.25, 0.3) is 5.91 Å². The van der Waals surface area contributed by atoms with Gasteiger partial charge in [0.1, 0.15) is 12.0 Å². The molecule has 5 heteroatoms. The topological polar surface area (TPSA) is 69.6 Å². The van der Waals surface area contributed by atoms with Crippen LogP contribution in [-0.4, -0.2) is 41.8 Å². The number of phenols is 1. The molecule has 148 valence electrons. The lowest BCUT2D eigenvalue weighted by Gasteiger charge is -2.31. The lowest BCUT2D eigenvalue weighted by atomic mass is 9.94. The van der Waals surface area contributed by atoms with Crippen LogP contribution in [0.2, 0.25) is 0 Å². The molecule has 1 saturated carbocycles. The molecule has 1 aliphatic carbocycles. The fraction of sp³-hybridized carbons (Fsp3) is 0.391. The van der Waals surface area contributed by atoms with Crippen LogP contribution in [0.15, 0.2) is 54.6 Å². The second kappa shape index (κ2) is 9.02. The summed E-state index contributed by atoms with van der Waals surface area (Å²) in [5.74, 6) is 0.833. The Bertz CT molecular complexity index is 791. The molecule has 2 N–H and O–H groups in total. The van der Waals surface area contributed by atoms with E-state index in [0.29, 0.717) is 16.9 Å². The molecule has 2 fully saturated rings. The number of likely N-dealkylation sites (tertiary alicyclic amines) is 1. The van der Waals surface area contributed by atoms with Crippen LogP contribution in [0.4, 0.5) is 0 Å². The molecule has 0 radical (unpaired) electrons. The van der Waals surface area contributed by atoms with Gasteiger partial charge in [-0.2, -0.15) is 0 Å². The summed E-state index contributed by atoms with van der Waals surface area (Å²) in [4.78, 5) is 23.6. The van der Waals surface area contributed by atoms with Crippen molar-refractivity contribution in [1.82, 2.24) is 10.2 Å². The van der Waals surface area contributed by atoms with Gasteiger partial charge in [0.15, 0.2) is 0 Å². The Morgan fingerprint density at radius 2 is 1.89 bits per heavy atom. The van der Waals surface area contributed by atoms with Crippen LogP contribution >= 0.6 is 0 Å². The number of fused-ring (bicyclic) bond motifs is 1. The first-order chi connectivity index (χ1) is 13.6. The maximum atomic E-state index is 12.3. The summed E-state index contributed by atoms with van der Waals surface area (Å²) in [6.07, 6.45) is 3.12.